The number of dihydropyridines is 1. The van der Waals surface area contributed by atoms with Crippen molar-refractivity contribution in [3.63, 3.8) is 0 Å². The average molecular weight is 862 g/mol. The molecule has 6 unspecified atom stereocenters. The van der Waals surface area contributed by atoms with Gasteiger partial charge in [-0.1, -0.05) is 54.3 Å². The van der Waals surface area contributed by atoms with Gasteiger partial charge in [0.1, 0.15) is 18.2 Å². The molecule has 10 nitrogen and oxygen atoms in total. The van der Waals surface area contributed by atoms with E-state index in [1.165, 1.54) is 16.7 Å². The van der Waals surface area contributed by atoms with E-state index in [-0.39, 0.29) is 48.8 Å². The largest absolute Gasteiger partial charge is 0.508 e. The summed E-state index contributed by atoms with van der Waals surface area (Å²) in [4.78, 5) is 0. The van der Waals surface area contributed by atoms with Crippen LogP contribution >= 0.6 is 0 Å². The van der Waals surface area contributed by atoms with Crippen LogP contribution in [0, 0.1) is 23.7 Å². The number of fused-ring (bicyclic) bond motifs is 9. The first-order valence-electron chi connectivity index (χ1n) is 23.2. The Hall–Kier alpha value is -5.54. The number of aromatic hydroxyl groups is 2. The van der Waals surface area contributed by atoms with E-state index >= 15 is 0 Å². The number of phenols is 2. The number of phenolic OH excluding ortho intramolecular Hbond substituents is 2. The Kier molecular flexibility index (Phi) is 12.0. The lowest BCUT2D eigenvalue weighted by molar-refractivity contribution is 0.00498. The molecule has 6 atom stereocenters. The monoisotopic (exact) mass is 861 g/mol. The Morgan fingerprint density at radius 1 is 0.906 bits per heavy atom. The number of benzene rings is 4. The Morgan fingerprint density at radius 3 is 2.64 bits per heavy atom. The fourth-order valence-electron chi connectivity index (χ4n) is 11.1. The molecule has 332 valence electrons. The van der Waals surface area contributed by atoms with Gasteiger partial charge in [-0.3, -0.25) is 0 Å². The number of nitrogens with zero attached hydrogens (tertiary/aromatic N) is 1. The van der Waals surface area contributed by atoms with Crippen molar-refractivity contribution < 1.29 is 34.6 Å². The van der Waals surface area contributed by atoms with Gasteiger partial charge in [-0.15, -0.1) is 0 Å². The SMILES string of the molecule is NC1C=C2C#CC(CCc3ccc(O)cc3)CCCC3CC(O)CCc4cc(c(O)cc4CO)OCc4cc(C56CCOCC5CCc5ccccc56)cc5cn(cc45)C(=C2CO3)N1. The maximum Gasteiger partial charge on any atom is 0.161 e. The number of nitrogens with one attached hydrogen (secondary N) is 1. The van der Waals surface area contributed by atoms with Crippen molar-refractivity contribution in [1.29, 1.82) is 0 Å². The molecule has 0 radical (unpaired) electrons. The summed E-state index contributed by atoms with van der Waals surface area (Å²) in [7, 11) is 0. The van der Waals surface area contributed by atoms with Gasteiger partial charge in [0.25, 0.3) is 0 Å². The lowest BCUT2D eigenvalue weighted by Gasteiger charge is -2.49. The molecule has 1 aliphatic carbocycles. The highest BCUT2D eigenvalue weighted by atomic mass is 16.5. The quantitative estimate of drug-likeness (QED) is 0.0970. The maximum absolute atomic E-state index is 11.6. The Balaban J connectivity index is 1.12. The number of ether oxygens (including phenoxy) is 3. The lowest BCUT2D eigenvalue weighted by atomic mass is 9.57. The summed E-state index contributed by atoms with van der Waals surface area (Å²) in [6.07, 6.45) is 13.5. The molecule has 6 bridgehead atoms. The number of aromatic nitrogens is 1. The third-order valence-electron chi connectivity index (χ3n) is 14.6. The highest BCUT2D eigenvalue weighted by Gasteiger charge is 2.47. The van der Waals surface area contributed by atoms with Crippen LogP contribution in [0.25, 0.3) is 16.6 Å². The lowest BCUT2D eigenvalue weighted by Crippen LogP contribution is -2.47. The molecule has 1 fully saturated rings. The van der Waals surface area contributed by atoms with Crippen LogP contribution < -0.4 is 15.8 Å². The van der Waals surface area contributed by atoms with Crippen LogP contribution in [-0.4, -0.2) is 63.2 Å². The second-order valence-corrected chi connectivity index (χ2v) is 18.6. The molecule has 1 aromatic heterocycles. The molecule has 5 aliphatic rings. The smallest absolute Gasteiger partial charge is 0.161 e. The van der Waals surface area contributed by atoms with Crippen LogP contribution in [0.5, 0.6) is 17.2 Å². The van der Waals surface area contributed by atoms with Crippen molar-refractivity contribution in [1.82, 2.24) is 9.88 Å². The summed E-state index contributed by atoms with van der Waals surface area (Å²) in [6, 6.07) is 24.4. The highest BCUT2D eigenvalue weighted by Crippen LogP contribution is 2.52. The van der Waals surface area contributed by atoms with E-state index < -0.39 is 12.3 Å². The highest BCUT2D eigenvalue weighted by molar-refractivity contribution is 5.88. The van der Waals surface area contributed by atoms with Gasteiger partial charge in [-0.2, -0.15) is 0 Å². The number of aliphatic hydroxyl groups is 2. The van der Waals surface area contributed by atoms with Crippen molar-refractivity contribution in [2.24, 2.45) is 17.6 Å². The van der Waals surface area contributed by atoms with Gasteiger partial charge < -0.3 is 50.3 Å². The van der Waals surface area contributed by atoms with Gasteiger partial charge in [-0.05, 0) is 152 Å². The first-order chi connectivity index (χ1) is 31.2. The van der Waals surface area contributed by atoms with Crippen LogP contribution in [0.2, 0.25) is 0 Å². The minimum absolute atomic E-state index is 0.0343. The van der Waals surface area contributed by atoms with Gasteiger partial charge in [-0.25, -0.2) is 0 Å². The van der Waals surface area contributed by atoms with Crippen LogP contribution in [0.15, 0.2) is 102 Å². The minimum atomic E-state index is -0.664. The van der Waals surface area contributed by atoms with Gasteiger partial charge in [0.15, 0.2) is 11.5 Å². The zero-order valence-electron chi connectivity index (χ0n) is 36.4. The molecular formula is C54H59N3O7. The predicted molar refractivity (Wildman–Crippen MR) is 247 cm³/mol. The van der Waals surface area contributed by atoms with Gasteiger partial charge in [0.2, 0.25) is 0 Å². The van der Waals surface area contributed by atoms with E-state index in [1.54, 1.807) is 18.2 Å². The normalized spacial score (nSPS) is 25.9. The second-order valence-electron chi connectivity index (χ2n) is 18.6. The molecule has 0 amide bonds. The molecule has 64 heavy (non-hydrogen) atoms. The van der Waals surface area contributed by atoms with Crippen molar-refractivity contribution >= 4 is 16.6 Å². The summed E-state index contributed by atoms with van der Waals surface area (Å²) in [5, 5.41) is 48.8. The summed E-state index contributed by atoms with van der Waals surface area (Å²) < 4.78 is 21.8. The van der Waals surface area contributed by atoms with Crippen molar-refractivity contribution in [3.8, 4) is 29.1 Å². The molecule has 10 rings (SSSR count). The number of hydrogen-bond donors (Lipinski definition) is 6. The second kappa shape index (κ2) is 18.1. The zero-order chi connectivity index (χ0) is 43.8. The van der Waals surface area contributed by atoms with Crippen LogP contribution in [0.1, 0.15) is 90.3 Å². The minimum Gasteiger partial charge on any atom is -0.508 e. The van der Waals surface area contributed by atoms with E-state index in [2.05, 4.69) is 70.5 Å². The predicted octanol–water partition coefficient (Wildman–Crippen LogP) is 7.89. The fraction of sp³-hybridized carbons (Fsp3) is 0.407. The molecule has 4 aromatic carbocycles. The molecule has 7 N–H and O–H groups in total. The fourth-order valence-corrected chi connectivity index (χ4v) is 11.1. The third kappa shape index (κ3) is 8.44. The average Bonchev–Trinajstić information content (AvgIpc) is 3.74. The van der Waals surface area contributed by atoms with E-state index in [0.717, 1.165) is 95.8 Å². The van der Waals surface area contributed by atoms with Crippen molar-refractivity contribution in [2.45, 2.75) is 108 Å². The van der Waals surface area contributed by atoms with Crippen molar-refractivity contribution in [2.75, 3.05) is 19.8 Å². The summed E-state index contributed by atoms with van der Waals surface area (Å²) in [6.45, 7) is 1.60. The topological polar surface area (TPSA) is 152 Å². The van der Waals surface area contributed by atoms with Gasteiger partial charge >= 0.3 is 0 Å². The molecule has 4 aliphatic heterocycles. The Labute approximate surface area is 375 Å². The molecule has 10 heteroatoms. The Morgan fingerprint density at radius 2 is 1.77 bits per heavy atom. The number of aliphatic hydroxyl groups excluding tert-OH is 2. The Bertz CT molecular complexity index is 2650. The van der Waals surface area contributed by atoms with Crippen LogP contribution in [0.4, 0.5) is 0 Å². The summed E-state index contributed by atoms with van der Waals surface area (Å²) >= 11 is 0. The zero-order valence-corrected chi connectivity index (χ0v) is 36.4. The third-order valence-corrected chi connectivity index (χ3v) is 14.6. The standard InChI is InChI=1S/C54H59N3O7/c55-52-26-38-13-10-34(8-9-35-11-17-44(59)18-12-35)4-3-6-46-27-45(60)19-15-37-25-51(50(61)24-40(37)30-58)64-31-41-23-43(22-39-28-57(29-47(39)41)53(56-52)48(38)33-63-46)54-20-21-62-32-42(54)16-14-36-5-1-2-7-49(36)54/h1-2,5,7,11-12,17-18,22-26,28-29,34,42,45-46,52,56,58-61H,3-4,6,8-9,14-16,19-21,27,30-33,55H2. The van der Waals surface area contributed by atoms with Crippen LogP contribution in [0.3, 0.4) is 0 Å². The number of rotatable bonds is 5. The molecule has 5 heterocycles. The van der Waals surface area contributed by atoms with E-state index in [4.69, 9.17) is 19.9 Å². The molecule has 0 spiro atoms. The molecule has 0 saturated carbocycles. The van der Waals surface area contributed by atoms with E-state index in [1.807, 2.05) is 24.3 Å². The first kappa shape index (κ1) is 42.4. The van der Waals surface area contributed by atoms with Gasteiger partial charge in [0.05, 0.1) is 38.2 Å². The molecule has 5 aromatic rings. The number of nitrogens with two attached hydrogens (primary N) is 1. The maximum atomic E-state index is 11.6. The summed E-state index contributed by atoms with van der Waals surface area (Å²) in [5.41, 5.74) is 15.9. The first-order valence-corrected chi connectivity index (χ1v) is 23.2. The van der Waals surface area contributed by atoms with E-state index in [9.17, 15) is 20.4 Å². The number of aryl methyl sites for hydroxylation is 3. The number of hydrogen-bond acceptors (Lipinski definition) is 9. The van der Waals surface area contributed by atoms with E-state index in [0.29, 0.717) is 49.7 Å². The van der Waals surface area contributed by atoms with Crippen LogP contribution in [-0.2, 0) is 47.4 Å². The summed E-state index contributed by atoms with van der Waals surface area (Å²) in [5.74, 6) is 9.04. The molecule has 1 saturated heterocycles. The molecular weight excluding hydrogens is 803 g/mol. The van der Waals surface area contributed by atoms with Crippen molar-refractivity contribution in [3.05, 3.63) is 141 Å². The van der Waals surface area contributed by atoms with Gasteiger partial charge in [0, 0.05) is 52.3 Å².